The van der Waals surface area contributed by atoms with Gasteiger partial charge >= 0.3 is 0 Å². The van der Waals surface area contributed by atoms with Crippen LogP contribution in [0.4, 0.5) is 5.13 Å². The molecule has 5 heteroatoms. The molecular weight excluding hydrogens is 198 g/mol. The van der Waals surface area contributed by atoms with Gasteiger partial charge in [0.2, 0.25) is 5.13 Å². The molecule has 1 fully saturated rings. The van der Waals surface area contributed by atoms with Crippen molar-refractivity contribution in [3.63, 3.8) is 0 Å². The van der Waals surface area contributed by atoms with E-state index >= 15 is 0 Å². The summed E-state index contributed by atoms with van der Waals surface area (Å²) < 4.78 is 9.41. The first-order valence-electron chi connectivity index (χ1n) is 4.96. The summed E-state index contributed by atoms with van der Waals surface area (Å²) in [7, 11) is 1.78. The molecule has 14 heavy (non-hydrogen) atoms. The van der Waals surface area contributed by atoms with E-state index < -0.39 is 0 Å². The van der Waals surface area contributed by atoms with Crippen molar-refractivity contribution >= 4 is 16.7 Å². The van der Waals surface area contributed by atoms with E-state index in [2.05, 4.69) is 14.7 Å². The molecule has 1 aliphatic carbocycles. The normalized spacial score (nSPS) is 27.5. The summed E-state index contributed by atoms with van der Waals surface area (Å²) in [6.45, 7) is 0. The van der Waals surface area contributed by atoms with Gasteiger partial charge in [0.05, 0.1) is 12.1 Å². The average Bonchev–Trinajstić information content (AvgIpc) is 2.71. The van der Waals surface area contributed by atoms with E-state index in [0.717, 1.165) is 18.0 Å². The van der Waals surface area contributed by atoms with Crippen LogP contribution in [0, 0.1) is 0 Å². The fourth-order valence-corrected chi connectivity index (χ4v) is 2.43. The van der Waals surface area contributed by atoms with Crippen molar-refractivity contribution in [1.29, 1.82) is 0 Å². The van der Waals surface area contributed by atoms with Gasteiger partial charge in [-0.3, -0.25) is 0 Å². The summed E-state index contributed by atoms with van der Waals surface area (Å²) in [5, 5.41) is 4.28. The number of rotatable bonds is 3. The maximum atomic E-state index is 5.45. The van der Waals surface area contributed by atoms with Crippen LogP contribution in [-0.2, 0) is 4.74 Å². The molecule has 1 aromatic rings. The lowest BCUT2D eigenvalue weighted by Gasteiger charge is -2.30. The molecule has 1 aromatic heterocycles. The number of nitrogens with zero attached hydrogens (tertiary/aromatic N) is 2. The minimum absolute atomic E-state index is 0.327. The van der Waals surface area contributed by atoms with Gasteiger partial charge in [-0.05, 0) is 12.8 Å². The third-order valence-electron chi connectivity index (χ3n) is 2.68. The van der Waals surface area contributed by atoms with Crippen LogP contribution in [0.2, 0.25) is 0 Å². The predicted octanol–water partition coefficient (Wildman–Crippen LogP) is 1.91. The Bertz CT molecular complexity index is 265. The molecule has 1 aliphatic rings. The number of hydrogen-bond acceptors (Lipinski definition) is 5. The molecule has 0 unspecified atom stereocenters. The fourth-order valence-electron chi connectivity index (χ4n) is 1.94. The van der Waals surface area contributed by atoms with Gasteiger partial charge in [0.15, 0.2) is 0 Å². The maximum absolute atomic E-state index is 5.45. The van der Waals surface area contributed by atoms with Crippen LogP contribution in [0.5, 0.6) is 0 Å². The molecule has 0 bridgehead atoms. The molecular formula is C9H15N3OS. The SMILES string of the molecule is CO[C@H]1CCCC[C@@H]1Nc1ncns1. The van der Waals surface area contributed by atoms with Crippen molar-refractivity contribution in [2.45, 2.75) is 37.8 Å². The lowest BCUT2D eigenvalue weighted by Crippen LogP contribution is -2.37. The summed E-state index contributed by atoms with van der Waals surface area (Å²) in [5.41, 5.74) is 0. The maximum Gasteiger partial charge on any atom is 0.202 e. The zero-order valence-electron chi connectivity index (χ0n) is 8.27. The number of methoxy groups -OCH3 is 1. The van der Waals surface area contributed by atoms with Crippen LogP contribution in [0.25, 0.3) is 0 Å². The van der Waals surface area contributed by atoms with Crippen LogP contribution < -0.4 is 5.32 Å². The Kier molecular flexibility index (Phi) is 3.31. The molecule has 1 heterocycles. The monoisotopic (exact) mass is 213 g/mol. The van der Waals surface area contributed by atoms with Gasteiger partial charge in [-0.1, -0.05) is 12.8 Å². The summed E-state index contributed by atoms with van der Waals surface area (Å²) in [4.78, 5) is 4.12. The van der Waals surface area contributed by atoms with Crippen molar-refractivity contribution in [3.8, 4) is 0 Å². The second-order valence-electron chi connectivity index (χ2n) is 3.56. The van der Waals surface area contributed by atoms with Gasteiger partial charge in [-0.15, -0.1) is 0 Å². The van der Waals surface area contributed by atoms with E-state index in [1.807, 2.05) is 0 Å². The minimum atomic E-state index is 0.327. The highest BCUT2D eigenvalue weighted by molar-refractivity contribution is 7.09. The molecule has 0 radical (unpaired) electrons. The summed E-state index contributed by atoms with van der Waals surface area (Å²) >= 11 is 1.40. The van der Waals surface area contributed by atoms with Gasteiger partial charge in [-0.25, -0.2) is 4.98 Å². The van der Waals surface area contributed by atoms with Gasteiger partial charge in [0, 0.05) is 18.6 Å². The average molecular weight is 213 g/mol. The molecule has 0 amide bonds. The lowest BCUT2D eigenvalue weighted by atomic mass is 9.92. The predicted molar refractivity (Wildman–Crippen MR) is 56.6 cm³/mol. The summed E-state index contributed by atoms with van der Waals surface area (Å²) in [5.74, 6) is 0. The molecule has 2 rings (SSSR count). The van der Waals surface area contributed by atoms with Crippen molar-refractivity contribution in [1.82, 2.24) is 9.36 Å². The summed E-state index contributed by atoms with van der Waals surface area (Å²) in [6.07, 6.45) is 6.76. The van der Waals surface area contributed by atoms with Gasteiger partial charge in [0.25, 0.3) is 0 Å². The summed E-state index contributed by atoms with van der Waals surface area (Å²) in [6, 6.07) is 0.404. The molecule has 0 aromatic carbocycles. The number of aromatic nitrogens is 2. The van der Waals surface area contributed by atoms with E-state index in [0.29, 0.717) is 12.1 Å². The van der Waals surface area contributed by atoms with Crippen LogP contribution in [0.3, 0.4) is 0 Å². The van der Waals surface area contributed by atoms with Crippen molar-refractivity contribution in [2.24, 2.45) is 0 Å². The third kappa shape index (κ3) is 2.22. The number of ether oxygens (including phenoxy) is 1. The van der Waals surface area contributed by atoms with Crippen LogP contribution in [0.1, 0.15) is 25.7 Å². The fraction of sp³-hybridized carbons (Fsp3) is 0.778. The Hall–Kier alpha value is -0.680. The van der Waals surface area contributed by atoms with Crippen LogP contribution in [-0.4, -0.2) is 28.6 Å². The Balaban J connectivity index is 1.94. The van der Waals surface area contributed by atoms with E-state index in [9.17, 15) is 0 Å². The Labute approximate surface area is 87.9 Å². The van der Waals surface area contributed by atoms with Crippen molar-refractivity contribution < 1.29 is 4.74 Å². The quantitative estimate of drug-likeness (QED) is 0.833. The molecule has 0 aliphatic heterocycles. The highest BCUT2D eigenvalue weighted by Gasteiger charge is 2.25. The number of nitrogens with one attached hydrogen (secondary N) is 1. The van der Waals surface area contributed by atoms with Crippen molar-refractivity contribution in [2.75, 3.05) is 12.4 Å². The first-order valence-corrected chi connectivity index (χ1v) is 5.73. The highest BCUT2D eigenvalue weighted by atomic mass is 32.1. The number of anilines is 1. The molecule has 0 spiro atoms. The largest absolute Gasteiger partial charge is 0.379 e. The van der Waals surface area contributed by atoms with E-state index in [1.54, 1.807) is 13.4 Å². The minimum Gasteiger partial charge on any atom is -0.379 e. The first kappa shape index (κ1) is 9.86. The van der Waals surface area contributed by atoms with Gasteiger partial charge in [0.1, 0.15) is 6.33 Å². The Morgan fingerprint density at radius 3 is 3.07 bits per heavy atom. The Morgan fingerprint density at radius 2 is 2.36 bits per heavy atom. The Morgan fingerprint density at radius 1 is 1.50 bits per heavy atom. The second kappa shape index (κ2) is 4.70. The van der Waals surface area contributed by atoms with Crippen LogP contribution in [0.15, 0.2) is 6.33 Å². The number of hydrogen-bond donors (Lipinski definition) is 1. The third-order valence-corrected chi connectivity index (χ3v) is 3.27. The lowest BCUT2D eigenvalue weighted by molar-refractivity contribution is 0.0606. The molecule has 0 saturated heterocycles. The second-order valence-corrected chi connectivity index (χ2v) is 4.34. The standard InChI is InChI=1S/C9H15N3OS/c1-13-8-5-3-2-4-7(8)12-9-10-6-11-14-9/h6-8H,2-5H2,1H3,(H,10,11,12)/t7-,8-/m0/s1. The van der Waals surface area contributed by atoms with E-state index in [1.165, 1.54) is 24.4 Å². The molecule has 1 N–H and O–H groups in total. The zero-order valence-corrected chi connectivity index (χ0v) is 9.09. The van der Waals surface area contributed by atoms with Crippen LogP contribution >= 0.6 is 11.5 Å². The molecule has 1 saturated carbocycles. The smallest absolute Gasteiger partial charge is 0.202 e. The van der Waals surface area contributed by atoms with E-state index in [-0.39, 0.29) is 0 Å². The van der Waals surface area contributed by atoms with Crippen molar-refractivity contribution in [3.05, 3.63) is 6.33 Å². The van der Waals surface area contributed by atoms with E-state index in [4.69, 9.17) is 4.74 Å². The molecule has 2 atom stereocenters. The highest BCUT2D eigenvalue weighted by Crippen LogP contribution is 2.24. The molecule has 78 valence electrons. The molecule has 4 nitrogen and oxygen atoms in total. The zero-order chi connectivity index (χ0) is 9.80. The van der Waals surface area contributed by atoms with Gasteiger partial charge < -0.3 is 10.1 Å². The first-order chi connectivity index (χ1) is 6.90. The topological polar surface area (TPSA) is 47.0 Å². The van der Waals surface area contributed by atoms with Gasteiger partial charge in [-0.2, -0.15) is 4.37 Å².